The van der Waals surface area contributed by atoms with E-state index in [4.69, 9.17) is 0 Å². The standard InChI is InChI=1S/C17H22N2O2/c1-12(20)19-10-4-7-14-11-15(8-9-16(14)19)18-17(21)13-5-2-3-6-13/h8-9,11,13H,2-7,10H2,1H3,(H,18,21). The van der Waals surface area contributed by atoms with E-state index in [2.05, 4.69) is 5.32 Å². The van der Waals surface area contributed by atoms with Crippen molar-refractivity contribution in [1.82, 2.24) is 0 Å². The van der Waals surface area contributed by atoms with Crippen molar-refractivity contribution in [2.24, 2.45) is 5.92 Å². The van der Waals surface area contributed by atoms with Crippen LogP contribution in [0.5, 0.6) is 0 Å². The highest BCUT2D eigenvalue weighted by Crippen LogP contribution is 2.31. The van der Waals surface area contributed by atoms with Gasteiger partial charge in [0.15, 0.2) is 0 Å². The number of nitrogens with zero attached hydrogens (tertiary/aromatic N) is 1. The lowest BCUT2D eigenvalue weighted by Gasteiger charge is -2.29. The van der Waals surface area contributed by atoms with Gasteiger partial charge in [-0.3, -0.25) is 9.59 Å². The second-order valence-corrected chi connectivity index (χ2v) is 6.09. The minimum atomic E-state index is 0.0821. The topological polar surface area (TPSA) is 49.4 Å². The molecule has 0 spiro atoms. The van der Waals surface area contributed by atoms with Gasteiger partial charge in [0.1, 0.15) is 0 Å². The van der Waals surface area contributed by atoms with Crippen LogP contribution in [-0.4, -0.2) is 18.4 Å². The van der Waals surface area contributed by atoms with Crippen LogP contribution < -0.4 is 10.2 Å². The first kappa shape index (κ1) is 14.1. The van der Waals surface area contributed by atoms with Gasteiger partial charge >= 0.3 is 0 Å². The van der Waals surface area contributed by atoms with Crippen LogP contribution >= 0.6 is 0 Å². The number of anilines is 2. The Balaban J connectivity index is 1.76. The van der Waals surface area contributed by atoms with Crippen LogP contribution in [0.2, 0.25) is 0 Å². The number of fused-ring (bicyclic) bond motifs is 1. The van der Waals surface area contributed by atoms with Gasteiger partial charge in [-0.15, -0.1) is 0 Å². The highest BCUT2D eigenvalue weighted by atomic mass is 16.2. The van der Waals surface area contributed by atoms with Crippen LogP contribution in [0.4, 0.5) is 11.4 Å². The molecular formula is C17H22N2O2. The molecule has 4 heteroatoms. The summed E-state index contributed by atoms with van der Waals surface area (Å²) < 4.78 is 0. The molecule has 1 N–H and O–H groups in total. The highest BCUT2D eigenvalue weighted by molar-refractivity contribution is 5.95. The Labute approximate surface area is 125 Å². The molecule has 2 amide bonds. The molecule has 0 aromatic heterocycles. The maximum Gasteiger partial charge on any atom is 0.227 e. The van der Waals surface area contributed by atoms with Crippen molar-refractivity contribution in [3.05, 3.63) is 23.8 Å². The van der Waals surface area contributed by atoms with Crippen molar-refractivity contribution in [2.75, 3.05) is 16.8 Å². The molecule has 0 saturated heterocycles. The first-order valence-electron chi connectivity index (χ1n) is 7.87. The van der Waals surface area contributed by atoms with Crippen molar-refractivity contribution in [1.29, 1.82) is 0 Å². The smallest absolute Gasteiger partial charge is 0.227 e. The van der Waals surface area contributed by atoms with E-state index in [-0.39, 0.29) is 17.7 Å². The third-order valence-electron chi connectivity index (χ3n) is 4.57. The van der Waals surface area contributed by atoms with E-state index in [9.17, 15) is 9.59 Å². The molecule has 0 bridgehead atoms. The fraction of sp³-hybridized carbons (Fsp3) is 0.529. The first-order valence-corrected chi connectivity index (χ1v) is 7.87. The van der Waals surface area contributed by atoms with Gasteiger partial charge in [-0.25, -0.2) is 0 Å². The lowest BCUT2D eigenvalue weighted by Crippen LogP contribution is -2.33. The minimum absolute atomic E-state index is 0.0821. The molecule has 1 fully saturated rings. The fourth-order valence-electron chi connectivity index (χ4n) is 3.43. The molecule has 1 aliphatic carbocycles. The number of hydrogen-bond acceptors (Lipinski definition) is 2. The average Bonchev–Trinajstić information content (AvgIpc) is 3.00. The third-order valence-corrected chi connectivity index (χ3v) is 4.57. The summed E-state index contributed by atoms with van der Waals surface area (Å²) in [6, 6.07) is 5.89. The number of amides is 2. The monoisotopic (exact) mass is 286 g/mol. The summed E-state index contributed by atoms with van der Waals surface area (Å²) in [6.45, 7) is 2.39. The Morgan fingerprint density at radius 3 is 2.67 bits per heavy atom. The summed E-state index contributed by atoms with van der Waals surface area (Å²) in [4.78, 5) is 25.7. The normalized spacial score (nSPS) is 18.4. The molecule has 0 radical (unpaired) electrons. The zero-order valence-corrected chi connectivity index (χ0v) is 12.5. The highest BCUT2D eigenvalue weighted by Gasteiger charge is 2.24. The van der Waals surface area contributed by atoms with E-state index in [1.54, 1.807) is 6.92 Å². The molecule has 0 unspecified atom stereocenters. The maximum atomic E-state index is 12.2. The predicted molar refractivity (Wildman–Crippen MR) is 83.4 cm³/mol. The molecule has 1 aromatic carbocycles. The Morgan fingerprint density at radius 1 is 1.19 bits per heavy atom. The number of aryl methyl sites for hydroxylation is 1. The fourth-order valence-corrected chi connectivity index (χ4v) is 3.43. The van der Waals surface area contributed by atoms with Crippen LogP contribution in [0.15, 0.2) is 18.2 Å². The summed E-state index contributed by atoms with van der Waals surface area (Å²) in [5.41, 5.74) is 3.00. The number of carbonyl (C=O) groups is 2. The summed E-state index contributed by atoms with van der Waals surface area (Å²) in [5, 5.41) is 3.04. The number of benzene rings is 1. The SMILES string of the molecule is CC(=O)N1CCCc2cc(NC(=O)C3CCCC3)ccc21. The lowest BCUT2D eigenvalue weighted by molar-refractivity contribution is -0.119. The zero-order valence-electron chi connectivity index (χ0n) is 12.5. The van der Waals surface area contributed by atoms with Gasteiger partial charge in [-0.2, -0.15) is 0 Å². The molecule has 1 aromatic rings. The molecule has 0 atom stereocenters. The van der Waals surface area contributed by atoms with Crippen LogP contribution in [0.1, 0.15) is 44.6 Å². The summed E-state index contributed by atoms with van der Waals surface area (Å²) in [6.07, 6.45) is 6.29. The van der Waals surface area contributed by atoms with E-state index in [1.165, 1.54) is 0 Å². The lowest BCUT2D eigenvalue weighted by atomic mass is 10.0. The molecule has 1 heterocycles. The predicted octanol–water partition coefficient (Wildman–Crippen LogP) is 3.11. The van der Waals surface area contributed by atoms with Gasteiger partial charge < -0.3 is 10.2 Å². The van der Waals surface area contributed by atoms with Gasteiger partial charge in [0.05, 0.1) is 0 Å². The second-order valence-electron chi connectivity index (χ2n) is 6.09. The van der Waals surface area contributed by atoms with E-state index < -0.39 is 0 Å². The Hall–Kier alpha value is -1.84. The molecule has 3 rings (SSSR count). The Bertz CT molecular complexity index is 562. The second kappa shape index (κ2) is 5.88. The number of hydrogen-bond donors (Lipinski definition) is 1. The molecule has 1 aliphatic heterocycles. The summed E-state index contributed by atoms with van der Waals surface area (Å²) in [5.74, 6) is 0.403. The summed E-state index contributed by atoms with van der Waals surface area (Å²) >= 11 is 0. The van der Waals surface area contributed by atoms with Crippen LogP contribution in [0.25, 0.3) is 0 Å². The van der Waals surface area contributed by atoms with Gasteiger partial charge in [-0.1, -0.05) is 12.8 Å². The van der Waals surface area contributed by atoms with E-state index in [0.717, 1.165) is 62.0 Å². The largest absolute Gasteiger partial charge is 0.326 e. The quantitative estimate of drug-likeness (QED) is 0.908. The molecular weight excluding hydrogens is 264 g/mol. The van der Waals surface area contributed by atoms with Gasteiger partial charge in [0.25, 0.3) is 0 Å². The number of carbonyl (C=O) groups excluding carboxylic acids is 2. The van der Waals surface area contributed by atoms with Crippen molar-refractivity contribution >= 4 is 23.2 Å². The van der Waals surface area contributed by atoms with Crippen molar-refractivity contribution < 1.29 is 9.59 Å². The minimum Gasteiger partial charge on any atom is -0.326 e. The maximum absolute atomic E-state index is 12.2. The van der Waals surface area contributed by atoms with E-state index in [1.807, 2.05) is 23.1 Å². The van der Waals surface area contributed by atoms with E-state index in [0.29, 0.717) is 0 Å². The van der Waals surface area contributed by atoms with Crippen molar-refractivity contribution in [3.8, 4) is 0 Å². The molecule has 4 nitrogen and oxygen atoms in total. The first-order chi connectivity index (χ1) is 10.1. The Kier molecular flexibility index (Phi) is 3.95. The van der Waals surface area contributed by atoms with Crippen LogP contribution in [0.3, 0.4) is 0 Å². The van der Waals surface area contributed by atoms with Gasteiger partial charge in [0, 0.05) is 30.8 Å². The summed E-state index contributed by atoms with van der Waals surface area (Å²) in [7, 11) is 0. The van der Waals surface area contributed by atoms with Crippen LogP contribution in [-0.2, 0) is 16.0 Å². The average molecular weight is 286 g/mol. The molecule has 21 heavy (non-hydrogen) atoms. The molecule has 2 aliphatic rings. The van der Waals surface area contributed by atoms with Crippen molar-refractivity contribution in [3.63, 3.8) is 0 Å². The van der Waals surface area contributed by atoms with Crippen molar-refractivity contribution in [2.45, 2.75) is 45.4 Å². The number of rotatable bonds is 2. The molecule has 1 saturated carbocycles. The third kappa shape index (κ3) is 2.94. The zero-order chi connectivity index (χ0) is 14.8. The van der Waals surface area contributed by atoms with Crippen LogP contribution in [0, 0.1) is 5.92 Å². The Morgan fingerprint density at radius 2 is 1.95 bits per heavy atom. The molecule has 112 valence electrons. The van der Waals surface area contributed by atoms with Gasteiger partial charge in [0.2, 0.25) is 11.8 Å². The number of nitrogens with one attached hydrogen (secondary N) is 1. The van der Waals surface area contributed by atoms with E-state index >= 15 is 0 Å². The van der Waals surface area contributed by atoms with Gasteiger partial charge in [-0.05, 0) is 49.4 Å².